The van der Waals surface area contributed by atoms with Gasteiger partial charge in [-0.05, 0) is 36.1 Å². The Hall–Kier alpha value is -0.800. The number of nitrogens with one attached hydrogen (secondary N) is 1. The van der Waals surface area contributed by atoms with E-state index in [0.29, 0.717) is 0 Å². The monoisotopic (exact) mass is 207 g/mol. The summed E-state index contributed by atoms with van der Waals surface area (Å²) in [6, 6.07) is 8.35. The third-order valence-corrected chi connectivity index (χ3v) is 3.15. The summed E-state index contributed by atoms with van der Waals surface area (Å²) in [5.41, 5.74) is 1.35. The number of allylic oxidation sites excluding steroid dienone is 1. The van der Waals surface area contributed by atoms with Crippen molar-refractivity contribution in [3.05, 3.63) is 42.0 Å². The minimum absolute atomic E-state index is 0.791. The van der Waals surface area contributed by atoms with Crippen molar-refractivity contribution in [1.29, 1.82) is 0 Å². The summed E-state index contributed by atoms with van der Waals surface area (Å²) >= 11 is 6.65. The molecule has 2 rings (SSSR count). The molecule has 1 aliphatic rings. The van der Waals surface area contributed by atoms with Gasteiger partial charge in [-0.15, -0.1) is 0 Å². The van der Waals surface area contributed by atoms with E-state index in [-0.39, 0.29) is 0 Å². The molecule has 0 unspecified atom stereocenters. The smallest absolute Gasteiger partial charge is 0.109 e. The predicted octanol–water partition coefficient (Wildman–Crippen LogP) is 2.72. The van der Waals surface area contributed by atoms with Crippen LogP contribution in [0.2, 0.25) is 0 Å². The van der Waals surface area contributed by atoms with Crippen molar-refractivity contribution in [2.45, 2.75) is 11.3 Å². The van der Waals surface area contributed by atoms with Crippen molar-refractivity contribution in [3.63, 3.8) is 0 Å². The lowest BCUT2D eigenvalue weighted by atomic mass is 10.1. The van der Waals surface area contributed by atoms with E-state index >= 15 is 0 Å². The molecule has 1 nitrogen and oxygen atoms in total. The molecule has 0 saturated carbocycles. The quantitative estimate of drug-likeness (QED) is 0.519. The van der Waals surface area contributed by atoms with Crippen molar-refractivity contribution in [2.24, 2.45) is 0 Å². The van der Waals surface area contributed by atoms with Crippen molar-refractivity contribution < 1.29 is 0 Å². The highest BCUT2D eigenvalue weighted by atomic mass is 32.2. The summed E-state index contributed by atoms with van der Waals surface area (Å²) in [6.45, 7) is 0. The van der Waals surface area contributed by atoms with Crippen molar-refractivity contribution in [1.82, 2.24) is 4.72 Å². The fourth-order valence-corrected chi connectivity index (χ4v) is 2.13. The van der Waals surface area contributed by atoms with E-state index in [1.165, 1.54) is 10.5 Å². The van der Waals surface area contributed by atoms with Gasteiger partial charge in [-0.25, -0.2) is 0 Å². The highest BCUT2D eigenvalue weighted by Crippen LogP contribution is 2.22. The van der Waals surface area contributed by atoms with E-state index in [2.05, 4.69) is 29.0 Å². The molecule has 0 amide bonds. The lowest BCUT2D eigenvalue weighted by Crippen LogP contribution is -2.11. The lowest BCUT2D eigenvalue weighted by molar-refractivity contribution is 1.17. The second-order valence-electron chi connectivity index (χ2n) is 2.78. The normalized spacial score (nSPS) is 18.0. The Morgan fingerprint density at radius 2 is 2.15 bits per heavy atom. The van der Waals surface area contributed by atoms with Gasteiger partial charge in [-0.2, -0.15) is 0 Å². The molecule has 1 aromatic rings. The van der Waals surface area contributed by atoms with Crippen LogP contribution in [0.25, 0.3) is 0 Å². The molecule has 1 aromatic carbocycles. The zero-order valence-corrected chi connectivity index (χ0v) is 8.62. The maximum atomic E-state index is 5.06. The first-order valence-electron chi connectivity index (χ1n) is 4.07. The van der Waals surface area contributed by atoms with Gasteiger partial charge < -0.3 is 4.72 Å². The van der Waals surface area contributed by atoms with Gasteiger partial charge in [-0.1, -0.05) is 36.5 Å². The van der Waals surface area contributed by atoms with Gasteiger partial charge in [0.1, 0.15) is 4.99 Å². The van der Waals surface area contributed by atoms with E-state index in [0.717, 1.165) is 11.4 Å². The lowest BCUT2D eigenvalue weighted by Gasteiger charge is -2.10. The second kappa shape index (κ2) is 3.94. The average Bonchev–Trinajstić information content (AvgIpc) is 2.13. The highest BCUT2D eigenvalue weighted by Gasteiger charge is 2.03. The van der Waals surface area contributed by atoms with Crippen molar-refractivity contribution in [3.8, 4) is 0 Å². The van der Waals surface area contributed by atoms with Crippen LogP contribution in [0.1, 0.15) is 5.56 Å². The standard InChI is InChI=1S/C10H9NS2/c12-10-7-3-5-8-4-1-2-6-9(8)13-11-10/h1-4,6-7H,5H2,(H,11,12)/b7-3-. The first-order valence-corrected chi connectivity index (χ1v) is 5.30. The molecule has 1 N–H and O–H groups in total. The van der Waals surface area contributed by atoms with Crippen molar-refractivity contribution >= 4 is 29.2 Å². The van der Waals surface area contributed by atoms with Crippen molar-refractivity contribution in [2.75, 3.05) is 0 Å². The Kier molecular flexibility index (Phi) is 2.66. The fraction of sp³-hybridized carbons (Fsp3) is 0.100. The SMILES string of the molecule is S=C1/C=C\Cc2ccccc2SN1. The maximum Gasteiger partial charge on any atom is 0.109 e. The summed E-state index contributed by atoms with van der Waals surface area (Å²) in [4.78, 5) is 2.05. The molecule has 0 aliphatic carbocycles. The molecule has 0 radical (unpaired) electrons. The van der Waals surface area contributed by atoms with Gasteiger partial charge in [0, 0.05) is 4.90 Å². The van der Waals surface area contributed by atoms with Gasteiger partial charge in [0.25, 0.3) is 0 Å². The van der Waals surface area contributed by atoms with Gasteiger partial charge in [-0.3, -0.25) is 0 Å². The number of rotatable bonds is 0. The number of benzene rings is 1. The number of hydrogen-bond donors (Lipinski definition) is 1. The van der Waals surface area contributed by atoms with E-state index in [1.54, 1.807) is 11.9 Å². The maximum absolute atomic E-state index is 5.06. The molecule has 66 valence electrons. The summed E-state index contributed by atoms with van der Waals surface area (Å²) in [7, 11) is 0. The van der Waals surface area contributed by atoms with Crippen LogP contribution in [0.5, 0.6) is 0 Å². The second-order valence-corrected chi connectivity index (χ2v) is 4.07. The van der Waals surface area contributed by atoms with Crippen LogP contribution in [-0.4, -0.2) is 4.99 Å². The molecule has 1 heterocycles. The Labute approximate surface area is 87.4 Å². The number of hydrogen-bond acceptors (Lipinski definition) is 2. The summed E-state index contributed by atoms with van der Waals surface area (Å²) in [5, 5.41) is 0. The molecule has 0 bridgehead atoms. The van der Waals surface area contributed by atoms with Crippen LogP contribution in [0.15, 0.2) is 41.3 Å². The largest absolute Gasteiger partial charge is 0.317 e. The topological polar surface area (TPSA) is 12.0 Å². The van der Waals surface area contributed by atoms with E-state index < -0.39 is 0 Å². The summed E-state index contributed by atoms with van der Waals surface area (Å²) in [6.07, 6.45) is 5.00. The average molecular weight is 207 g/mol. The minimum Gasteiger partial charge on any atom is -0.317 e. The molecule has 0 aromatic heterocycles. The first kappa shape index (κ1) is 8.78. The predicted molar refractivity (Wildman–Crippen MR) is 60.9 cm³/mol. The first-order chi connectivity index (χ1) is 6.36. The fourth-order valence-electron chi connectivity index (χ4n) is 1.20. The Morgan fingerprint density at radius 3 is 3.08 bits per heavy atom. The summed E-state index contributed by atoms with van der Waals surface area (Å²) in [5.74, 6) is 0. The Morgan fingerprint density at radius 1 is 1.31 bits per heavy atom. The molecule has 3 heteroatoms. The zero-order valence-electron chi connectivity index (χ0n) is 6.99. The molecular weight excluding hydrogens is 198 g/mol. The minimum atomic E-state index is 0.791. The zero-order chi connectivity index (χ0) is 9.10. The molecule has 0 spiro atoms. The Bertz CT molecular complexity index is 358. The van der Waals surface area contributed by atoms with Crippen LogP contribution in [-0.2, 0) is 6.42 Å². The summed E-state index contributed by atoms with van der Waals surface area (Å²) < 4.78 is 3.10. The van der Waals surface area contributed by atoms with E-state index in [1.807, 2.05) is 12.1 Å². The van der Waals surface area contributed by atoms with Gasteiger partial charge >= 0.3 is 0 Å². The number of fused-ring (bicyclic) bond motifs is 1. The number of thiocarbonyl (C=S) groups is 1. The molecule has 0 fully saturated rings. The molecule has 1 aliphatic heterocycles. The van der Waals surface area contributed by atoms with Crippen LogP contribution < -0.4 is 4.72 Å². The molecular formula is C10H9NS2. The Balaban J connectivity index is 2.33. The van der Waals surface area contributed by atoms with Gasteiger partial charge in [0.2, 0.25) is 0 Å². The molecule has 0 saturated heterocycles. The molecule has 0 atom stereocenters. The van der Waals surface area contributed by atoms with Crippen LogP contribution in [0.3, 0.4) is 0 Å². The third-order valence-electron chi connectivity index (χ3n) is 1.84. The van der Waals surface area contributed by atoms with Crippen LogP contribution in [0.4, 0.5) is 0 Å². The van der Waals surface area contributed by atoms with Crippen LogP contribution in [0, 0.1) is 0 Å². The van der Waals surface area contributed by atoms with Gasteiger partial charge in [0.15, 0.2) is 0 Å². The molecule has 13 heavy (non-hydrogen) atoms. The van der Waals surface area contributed by atoms with E-state index in [4.69, 9.17) is 12.2 Å². The van der Waals surface area contributed by atoms with E-state index in [9.17, 15) is 0 Å². The third kappa shape index (κ3) is 2.11. The highest BCUT2D eigenvalue weighted by molar-refractivity contribution is 7.99. The van der Waals surface area contributed by atoms with Crippen LogP contribution >= 0.6 is 24.2 Å². The van der Waals surface area contributed by atoms with Gasteiger partial charge in [0.05, 0.1) is 0 Å².